The lowest BCUT2D eigenvalue weighted by molar-refractivity contribution is -0.160. The van der Waals surface area contributed by atoms with Crippen molar-refractivity contribution in [3.8, 4) is 0 Å². The van der Waals surface area contributed by atoms with Crippen LogP contribution in [0.2, 0.25) is 0 Å². The molecule has 0 radical (unpaired) electrons. The van der Waals surface area contributed by atoms with Crippen molar-refractivity contribution in [1.82, 2.24) is 5.32 Å². The van der Waals surface area contributed by atoms with Gasteiger partial charge >= 0.3 is 5.97 Å². The molecule has 2 fully saturated rings. The lowest BCUT2D eigenvalue weighted by atomic mass is 9.95. The molecule has 2 saturated carbocycles. The molecular formula is C15H27NO3. The van der Waals surface area contributed by atoms with Crippen molar-refractivity contribution < 1.29 is 14.3 Å². The van der Waals surface area contributed by atoms with Gasteiger partial charge in [0.1, 0.15) is 0 Å². The summed E-state index contributed by atoms with van der Waals surface area (Å²) in [6, 6.07) is 0.931. The van der Waals surface area contributed by atoms with Gasteiger partial charge < -0.3 is 14.8 Å². The topological polar surface area (TPSA) is 47.6 Å². The van der Waals surface area contributed by atoms with Gasteiger partial charge in [0.2, 0.25) is 0 Å². The van der Waals surface area contributed by atoms with Gasteiger partial charge in [0.15, 0.2) is 5.60 Å². The Kier molecular flexibility index (Phi) is 5.22. The van der Waals surface area contributed by atoms with Gasteiger partial charge in [-0.05, 0) is 39.5 Å². The van der Waals surface area contributed by atoms with Gasteiger partial charge in [0, 0.05) is 12.1 Å². The molecule has 1 N–H and O–H groups in total. The summed E-state index contributed by atoms with van der Waals surface area (Å²) in [7, 11) is 0. The number of ether oxygens (including phenoxy) is 2. The van der Waals surface area contributed by atoms with Crippen molar-refractivity contribution in [3.05, 3.63) is 0 Å². The number of rotatable bonds is 7. The number of carbonyl (C=O) groups is 1. The highest BCUT2D eigenvalue weighted by molar-refractivity contribution is 5.82. The predicted octanol–water partition coefficient (Wildman–Crippen LogP) is 2.41. The fraction of sp³-hybridized carbons (Fsp3) is 0.933. The Bertz CT molecular complexity index is 296. The quantitative estimate of drug-likeness (QED) is 0.721. The van der Waals surface area contributed by atoms with Gasteiger partial charge in [0.05, 0.1) is 13.2 Å². The minimum Gasteiger partial charge on any atom is -0.464 e. The molecule has 0 heterocycles. The first kappa shape index (κ1) is 14.8. The molecule has 19 heavy (non-hydrogen) atoms. The second-order valence-corrected chi connectivity index (χ2v) is 5.93. The maximum absolute atomic E-state index is 11.8. The first-order valence-electron chi connectivity index (χ1n) is 7.73. The number of nitrogens with one attached hydrogen (secondary N) is 1. The average molecular weight is 269 g/mol. The highest BCUT2D eigenvalue weighted by Gasteiger charge is 2.53. The summed E-state index contributed by atoms with van der Waals surface area (Å²) in [5.74, 6) is -0.181. The van der Waals surface area contributed by atoms with E-state index in [1.54, 1.807) is 0 Å². The van der Waals surface area contributed by atoms with Crippen molar-refractivity contribution in [2.45, 2.75) is 76.5 Å². The highest BCUT2D eigenvalue weighted by Crippen LogP contribution is 2.40. The van der Waals surface area contributed by atoms with Crippen LogP contribution in [0.5, 0.6) is 0 Å². The summed E-state index contributed by atoms with van der Waals surface area (Å²) in [6.45, 7) is 4.99. The molecule has 0 aromatic heterocycles. The molecule has 4 nitrogen and oxygen atoms in total. The summed E-state index contributed by atoms with van der Waals surface area (Å²) in [6.07, 6.45) is 8.19. The molecule has 2 aliphatic rings. The minimum atomic E-state index is -0.613. The fourth-order valence-corrected chi connectivity index (χ4v) is 2.79. The SMILES string of the molecule is CCOC(=O)C1(OC[C@@H](C)NC2CCCCC2)CC1. The Hall–Kier alpha value is -0.610. The summed E-state index contributed by atoms with van der Waals surface area (Å²) in [5, 5.41) is 3.61. The van der Waals surface area contributed by atoms with E-state index in [4.69, 9.17) is 9.47 Å². The van der Waals surface area contributed by atoms with Crippen LogP contribution in [0, 0.1) is 0 Å². The van der Waals surface area contributed by atoms with E-state index in [0.29, 0.717) is 25.3 Å². The van der Waals surface area contributed by atoms with E-state index >= 15 is 0 Å². The maximum Gasteiger partial charge on any atom is 0.338 e. The fourth-order valence-electron chi connectivity index (χ4n) is 2.79. The monoisotopic (exact) mass is 269 g/mol. The van der Waals surface area contributed by atoms with Gasteiger partial charge in [-0.3, -0.25) is 0 Å². The summed E-state index contributed by atoms with van der Waals surface area (Å²) >= 11 is 0. The van der Waals surface area contributed by atoms with Crippen molar-refractivity contribution in [2.75, 3.05) is 13.2 Å². The van der Waals surface area contributed by atoms with E-state index in [1.807, 2.05) is 6.92 Å². The van der Waals surface area contributed by atoms with Crippen LogP contribution in [0.3, 0.4) is 0 Å². The molecule has 2 rings (SSSR count). The van der Waals surface area contributed by atoms with Crippen LogP contribution in [0.25, 0.3) is 0 Å². The standard InChI is InChI=1S/C15H27NO3/c1-3-18-14(17)15(9-10-15)19-11-12(2)16-13-7-5-4-6-8-13/h12-13,16H,3-11H2,1-2H3/t12-/m1/s1. The summed E-state index contributed by atoms with van der Waals surface area (Å²) in [5.41, 5.74) is -0.613. The zero-order valence-electron chi connectivity index (χ0n) is 12.2. The Morgan fingerprint density at radius 1 is 1.32 bits per heavy atom. The van der Waals surface area contributed by atoms with Crippen molar-refractivity contribution in [3.63, 3.8) is 0 Å². The van der Waals surface area contributed by atoms with Gasteiger partial charge in [-0.1, -0.05) is 19.3 Å². The number of hydrogen-bond donors (Lipinski definition) is 1. The molecule has 0 aromatic rings. The number of esters is 1. The van der Waals surface area contributed by atoms with E-state index < -0.39 is 5.60 Å². The summed E-state index contributed by atoms with van der Waals surface area (Å²) in [4.78, 5) is 11.8. The van der Waals surface area contributed by atoms with E-state index in [-0.39, 0.29) is 5.97 Å². The predicted molar refractivity (Wildman–Crippen MR) is 74.0 cm³/mol. The van der Waals surface area contributed by atoms with Crippen LogP contribution in [0.15, 0.2) is 0 Å². The van der Waals surface area contributed by atoms with Crippen LogP contribution in [0.4, 0.5) is 0 Å². The van der Waals surface area contributed by atoms with Gasteiger partial charge in [-0.15, -0.1) is 0 Å². The molecule has 0 amide bonds. The Balaban J connectivity index is 1.68. The molecule has 0 bridgehead atoms. The van der Waals surface area contributed by atoms with Gasteiger partial charge in [-0.25, -0.2) is 4.79 Å². The molecule has 1 atom stereocenters. The molecule has 0 spiro atoms. The maximum atomic E-state index is 11.8. The Labute approximate surface area is 116 Å². The van der Waals surface area contributed by atoms with E-state index in [2.05, 4.69) is 12.2 Å². The molecule has 2 aliphatic carbocycles. The molecule has 0 aromatic carbocycles. The lowest BCUT2D eigenvalue weighted by Crippen LogP contribution is -2.42. The van der Waals surface area contributed by atoms with Crippen LogP contribution in [-0.2, 0) is 14.3 Å². The molecule has 0 unspecified atom stereocenters. The molecule has 4 heteroatoms. The average Bonchev–Trinajstić information content (AvgIpc) is 3.19. The van der Waals surface area contributed by atoms with E-state index in [0.717, 1.165) is 12.8 Å². The third-order valence-electron chi connectivity index (χ3n) is 4.09. The van der Waals surface area contributed by atoms with Crippen LogP contribution in [0.1, 0.15) is 58.8 Å². The zero-order chi connectivity index (χ0) is 13.7. The third kappa shape index (κ3) is 4.18. The summed E-state index contributed by atoms with van der Waals surface area (Å²) < 4.78 is 10.9. The van der Waals surface area contributed by atoms with E-state index in [1.165, 1.54) is 32.1 Å². The van der Waals surface area contributed by atoms with Crippen LogP contribution >= 0.6 is 0 Å². The Morgan fingerprint density at radius 3 is 2.58 bits per heavy atom. The first-order valence-corrected chi connectivity index (χ1v) is 7.73. The molecule has 0 saturated heterocycles. The molecule has 110 valence electrons. The Morgan fingerprint density at radius 2 is 2.00 bits per heavy atom. The largest absolute Gasteiger partial charge is 0.464 e. The smallest absolute Gasteiger partial charge is 0.338 e. The highest BCUT2D eigenvalue weighted by atomic mass is 16.6. The third-order valence-corrected chi connectivity index (χ3v) is 4.09. The normalized spacial score (nSPS) is 23.9. The van der Waals surface area contributed by atoms with E-state index in [9.17, 15) is 4.79 Å². The minimum absolute atomic E-state index is 0.181. The van der Waals surface area contributed by atoms with Crippen molar-refractivity contribution in [2.24, 2.45) is 0 Å². The van der Waals surface area contributed by atoms with Crippen LogP contribution < -0.4 is 5.32 Å². The van der Waals surface area contributed by atoms with Gasteiger partial charge in [0.25, 0.3) is 0 Å². The molecule has 0 aliphatic heterocycles. The van der Waals surface area contributed by atoms with Gasteiger partial charge in [-0.2, -0.15) is 0 Å². The second-order valence-electron chi connectivity index (χ2n) is 5.93. The van der Waals surface area contributed by atoms with Crippen molar-refractivity contribution in [1.29, 1.82) is 0 Å². The number of carbonyl (C=O) groups excluding carboxylic acids is 1. The first-order chi connectivity index (χ1) is 9.16. The zero-order valence-corrected chi connectivity index (χ0v) is 12.2. The van der Waals surface area contributed by atoms with Crippen molar-refractivity contribution >= 4 is 5.97 Å². The second kappa shape index (κ2) is 6.71. The number of hydrogen-bond acceptors (Lipinski definition) is 4. The van der Waals surface area contributed by atoms with Crippen LogP contribution in [-0.4, -0.2) is 36.9 Å². The molecular weight excluding hydrogens is 242 g/mol. The lowest BCUT2D eigenvalue weighted by Gasteiger charge is -2.27.